The molecule has 15 heavy (non-hydrogen) atoms. The first-order chi connectivity index (χ1) is 7.17. The van der Waals surface area contributed by atoms with Crippen LogP contribution in [-0.4, -0.2) is 19.8 Å². The summed E-state index contributed by atoms with van der Waals surface area (Å²) in [5.41, 5.74) is 6.77. The molecular formula is C12H18FNO. The first kappa shape index (κ1) is 12.1. The van der Waals surface area contributed by atoms with Crippen molar-refractivity contribution >= 4 is 0 Å². The second kappa shape index (κ2) is 5.83. The first-order valence-electron chi connectivity index (χ1n) is 5.15. The van der Waals surface area contributed by atoms with E-state index in [0.717, 1.165) is 12.0 Å². The molecule has 84 valence electrons. The highest BCUT2D eigenvalue weighted by Crippen LogP contribution is 2.21. The van der Waals surface area contributed by atoms with Gasteiger partial charge in [-0.05, 0) is 43.5 Å². The first-order valence-corrected chi connectivity index (χ1v) is 5.15. The Morgan fingerprint density at radius 2 is 1.93 bits per heavy atom. The minimum atomic E-state index is -0.214. The second-order valence-corrected chi connectivity index (χ2v) is 3.77. The summed E-state index contributed by atoms with van der Waals surface area (Å²) in [5.74, 6) is 0.0230. The van der Waals surface area contributed by atoms with Gasteiger partial charge >= 0.3 is 0 Å². The van der Waals surface area contributed by atoms with Gasteiger partial charge in [-0.25, -0.2) is 4.39 Å². The van der Waals surface area contributed by atoms with Crippen LogP contribution in [-0.2, 0) is 4.74 Å². The number of rotatable bonds is 5. The maximum atomic E-state index is 12.7. The highest BCUT2D eigenvalue weighted by Gasteiger charge is 2.13. The molecule has 1 rings (SSSR count). The van der Waals surface area contributed by atoms with Gasteiger partial charge < -0.3 is 10.5 Å². The summed E-state index contributed by atoms with van der Waals surface area (Å²) < 4.78 is 17.9. The van der Waals surface area contributed by atoms with Crippen molar-refractivity contribution < 1.29 is 9.13 Å². The topological polar surface area (TPSA) is 35.2 Å². The number of hydrogen-bond donors (Lipinski definition) is 1. The number of hydrogen-bond acceptors (Lipinski definition) is 2. The Morgan fingerprint density at radius 3 is 2.40 bits per heavy atom. The third-order valence-electron chi connectivity index (χ3n) is 2.64. The van der Waals surface area contributed by atoms with Crippen molar-refractivity contribution in [1.29, 1.82) is 0 Å². The Morgan fingerprint density at radius 1 is 1.33 bits per heavy atom. The van der Waals surface area contributed by atoms with Gasteiger partial charge in [-0.3, -0.25) is 0 Å². The Kier molecular flexibility index (Phi) is 4.72. The van der Waals surface area contributed by atoms with Gasteiger partial charge in [0.15, 0.2) is 0 Å². The molecule has 2 nitrogen and oxygen atoms in total. The number of benzene rings is 1. The summed E-state index contributed by atoms with van der Waals surface area (Å²) in [5, 5.41) is 0. The van der Waals surface area contributed by atoms with Crippen molar-refractivity contribution in [3.63, 3.8) is 0 Å². The zero-order valence-corrected chi connectivity index (χ0v) is 9.24. The van der Waals surface area contributed by atoms with E-state index < -0.39 is 0 Å². The third kappa shape index (κ3) is 3.61. The number of ether oxygens (including phenoxy) is 1. The fourth-order valence-corrected chi connectivity index (χ4v) is 1.60. The molecule has 0 fully saturated rings. The smallest absolute Gasteiger partial charge is 0.123 e. The lowest BCUT2D eigenvalue weighted by molar-refractivity contribution is 0.105. The van der Waals surface area contributed by atoms with Gasteiger partial charge in [0.25, 0.3) is 0 Å². The highest BCUT2D eigenvalue weighted by atomic mass is 19.1. The van der Waals surface area contributed by atoms with Crippen molar-refractivity contribution in [2.45, 2.75) is 25.4 Å². The van der Waals surface area contributed by atoms with E-state index >= 15 is 0 Å². The molecule has 0 aliphatic carbocycles. The average Bonchev–Trinajstić information content (AvgIpc) is 2.27. The van der Waals surface area contributed by atoms with E-state index in [2.05, 4.69) is 0 Å². The van der Waals surface area contributed by atoms with E-state index in [1.807, 2.05) is 6.92 Å². The van der Waals surface area contributed by atoms with Crippen LogP contribution in [0.5, 0.6) is 0 Å². The number of halogens is 1. The van der Waals surface area contributed by atoms with Crippen LogP contribution >= 0.6 is 0 Å². The molecule has 0 aliphatic heterocycles. The second-order valence-electron chi connectivity index (χ2n) is 3.77. The summed E-state index contributed by atoms with van der Waals surface area (Å²) in [6.07, 6.45) is 1.03. The van der Waals surface area contributed by atoms with E-state index in [-0.39, 0.29) is 17.8 Å². The quantitative estimate of drug-likeness (QED) is 0.811. The Labute approximate surface area is 90.2 Å². The molecular weight excluding hydrogens is 193 g/mol. The molecule has 0 aromatic heterocycles. The van der Waals surface area contributed by atoms with Gasteiger partial charge in [0.2, 0.25) is 0 Å². The van der Waals surface area contributed by atoms with Crippen molar-refractivity contribution in [2.24, 2.45) is 5.73 Å². The third-order valence-corrected chi connectivity index (χ3v) is 2.64. The summed E-state index contributed by atoms with van der Waals surface area (Å²) in [6, 6.07) is 6.51. The standard InChI is InChI=1S/C12H18FNO/c1-9(15-2)7-11(8-14)10-3-5-12(13)6-4-10/h3-6,9,11H,7-8,14H2,1-2H3. The van der Waals surface area contributed by atoms with Gasteiger partial charge in [0.1, 0.15) is 5.82 Å². The molecule has 2 N–H and O–H groups in total. The Bertz CT molecular complexity index is 286. The van der Waals surface area contributed by atoms with Crippen LogP contribution in [0.3, 0.4) is 0 Å². The minimum absolute atomic E-state index is 0.170. The van der Waals surface area contributed by atoms with Crippen molar-refractivity contribution in [1.82, 2.24) is 0 Å². The van der Waals surface area contributed by atoms with Crippen molar-refractivity contribution in [3.8, 4) is 0 Å². The summed E-state index contributed by atoms with van der Waals surface area (Å²) in [7, 11) is 1.68. The number of nitrogens with two attached hydrogens (primary N) is 1. The van der Waals surface area contributed by atoms with Crippen molar-refractivity contribution in [2.75, 3.05) is 13.7 Å². The van der Waals surface area contributed by atoms with Crippen LogP contribution < -0.4 is 5.73 Å². The average molecular weight is 211 g/mol. The lowest BCUT2D eigenvalue weighted by Crippen LogP contribution is -2.18. The summed E-state index contributed by atoms with van der Waals surface area (Å²) in [4.78, 5) is 0. The molecule has 0 amide bonds. The van der Waals surface area contributed by atoms with Crippen LogP contribution in [0.2, 0.25) is 0 Å². The molecule has 1 aromatic rings. The van der Waals surface area contributed by atoms with Crippen molar-refractivity contribution in [3.05, 3.63) is 35.6 Å². The van der Waals surface area contributed by atoms with Gasteiger partial charge in [-0.15, -0.1) is 0 Å². The predicted octanol–water partition coefficient (Wildman–Crippen LogP) is 2.29. The molecule has 2 unspecified atom stereocenters. The maximum absolute atomic E-state index is 12.7. The molecule has 0 spiro atoms. The molecule has 0 heterocycles. The SMILES string of the molecule is COC(C)CC(CN)c1ccc(F)cc1. The fraction of sp³-hybridized carbons (Fsp3) is 0.500. The van der Waals surface area contributed by atoms with E-state index in [1.165, 1.54) is 12.1 Å². The van der Waals surface area contributed by atoms with E-state index in [4.69, 9.17) is 10.5 Å². The van der Waals surface area contributed by atoms with E-state index in [0.29, 0.717) is 6.54 Å². The molecule has 0 saturated carbocycles. The summed E-state index contributed by atoms with van der Waals surface area (Å²) >= 11 is 0. The molecule has 3 heteroatoms. The normalized spacial score (nSPS) is 14.9. The van der Waals surface area contributed by atoms with Crippen LogP contribution in [0.4, 0.5) is 4.39 Å². The van der Waals surface area contributed by atoms with Gasteiger partial charge in [0, 0.05) is 7.11 Å². The molecule has 0 aliphatic rings. The minimum Gasteiger partial charge on any atom is -0.382 e. The molecule has 0 saturated heterocycles. The molecule has 2 atom stereocenters. The lowest BCUT2D eigenvalue weighted by atomic mass is 9.93. The lowest BCUT2D eigenvalue weighted by Gasteiger charge is -2.18. The van der Waals surface area contributed by atoms with Crippen LogP contribution in [0.1, 0.15) is 24.8 Å². The van der Waals surface area contributed by atoms with Crippen LogP contribution in [0.15, 0.2) is 24.3 Å². The zero-order chi connectivity index (χ0) is 11.3. The number of methoxy groups -OCH3 is 1. The van der Waals surface area contributed by atoms with E-state index in [1.54, 1.807) is 19.2 Å². The van der Waals surface area contributed by atoms with E-state index in [9.17, 15) is 4.39 Å². The molecule has 0 radical (unpaired) electrons. The highest BCUT2D eigenvalue weighted by molar-refractivity contribution is 5.20. The largest absolute Gasteiger partial charge is 0.382 e. The molecule has 0 bridgehead atoms. The molecule has 1 aromatic carbocycles. The zero-order valence-electron chi connectivity index (χ0n) is 9.24. The predicted molar refractivity (Wildman–Crippen MR) is 59.3 cm³/mol. The maximum Gasteiger partial charge on any atom is 0.123 e. The Hall–Kier alpha value is -0.930. The fourth-order valence-electron chi connectivity index (χ4n) is 1.60. The monoisotopic (exact) mass is 211 g/mol. The Balaban J connectivity index is 2.69. The summed E-state index contributed by atoms with van der Waals surface area (Å²) in [6.45, 7) is 2.56. The van der Waals surface area contributed by atoms with Crippen LogP contribution in [0.25, 0.3) is 0 Å². The van der Waals surface area contributed by atoms with Crippen LogP contribution in [0, 0.1) is 5.82 Å². The van der Waals surface area contributed by atoms with Gasteiger partial charge in [-0.2, -0.15) is 0 Å². The van der Waals surface area contributed by atoms with Gasteiger partial charge in [-0.1, -0.05) is 12.1 Å². The van der Waals surface area contributed by atoms with Gasteiger partial charge in [0.05, 0.1) is 6.10 Å².